The van der Waals surface area contributed by atoms with Crippen molar-refractivity contribution in [3.8, 4) is 0 Å². The van der Waals surface area contributed by atoms with E-state index in [4.69, 9.17) is 0 Å². The highest BCUT2D eigenvalue weighted by Gasteiger charge is 2.08. The number of carbonyl (C=O) groups excluding carboxylic acids is 1. The van der Waals surface area contributed by atoms with Gasteiger partial charge in [0.25, 0.3) is 5.91 Å². The smallest absolute Gasteiger partial charge is 0.257 e. The van der Waals surface area contributed by atoms with E-state index in [1.165, 1.54) is 0 Å². The van der Waals surface area contributed by atoms with Gasteiger partial charge in [-0.25, -0.2) is 4.98 Å². The SMILES string of the molecule is Cc1ccnc(NC(=O)c2csc(I)c2)c1. The van der Waals surface area contributed by atoms with E-state index < -0.39 is 0 Å². The molecular formula is C11H9IN2OS. The number of carbonyl (C=O) groups is 1. The third-order valence-corrected chi connectivity index (χ3v) is 3.78. The minimum Gasteiger partial charge on any atom is -0.307 e. The van der Waals surface area contributed by atoms with Gasteiger partial charge in [0.05, 0.1) is 8.45 Å². The van der Waals surface area contributed by atoms with E-state index in [-0.39, 0.29) is 5.91 Å². The third kappa shape index (κ3) is 2.79. The molecule has 0 spiro atoms. The van der Waals surface area contributed by atoms with Crippen LogP contribution in [0, 0.1) is 9.81 Å². The number of aryl methyl sites for hydroxylation is 1. The topological polar surface area (TPSA) is 42.0 Å². The van der Waals surface area contributed by atoms with Gasteiger partial charge in [-0.05, 0) is 53.3 Å². The Bertz CT molecular complexity index is 524. The minimum absolute atomic E-state index is 0.114. The molecule has 0 radical (unpaired) electrons. The van der Waals surface area contributed by atoms with E-state index in [2.05, 4.69) is 32.9 Å². The molecule has 1 amide bonds. The number of anilines is 1. The zero-order valence-corrected chi connectivity index (χ0v) is 11.5. The molecule has 0 saturated heterocycles. The molecule has 2 aromatic heterocycles. The fourth-order valence-corrected chi connectivity index (χ4v) is 2.55. The standard InChI is InChI=1S/C11H9IN2OS/c1-7-2-3-13-10(4-7)14-11(15)8-5-9(12)16-6-8/h2-6H,1H3,(H,13,14,15). The van der Waals surface area contributed by atoms with Crippen LogP contribution in [0.25, 0.3) is 0 Å². The average Bonchev–Trinajstić information content (AvgIpc) is 2.65. The fraction of sp³-hybridized carbons (Fsp3) is 0.0909. The number of pyridine rings is 1. The van der Waals surface area contributed by atoms with Gasteiger partial charge in [-0.15, -0.1) is 11.3 Å². The molecule has 1 N–H and O–H groups in total. The molecule has 0 aliphatic rings. The molecule has 0 bridgehead atoms. The molecule has 0 aliphatic heterocycles. The van der Waals surface area contributed by atoms with Crippen LogP contribution in [0.5, 0.6) is 0 Å². The van der Waals surface area contributed by atoms with Crippen molar-refractivity contribution in [1.29, 1.82) is 0 Å². The van der Waals surface area contributed by atoms with Crippen molar-refractivity contribution < 1.29 is 4.79 Å². The number of rotatable bonds is 2. The molecule has 16 heavy (non-hydrogen) atoms. The van der Waals surface area contributed by atoms with Gasteiger partial charge in [0.2, 0.25) is 0 Å². The first-order valence-corrected chi connectivity index (χ1v) is 6.59. The number of hydrogen-bond donors (Lipinski definition) is 1. The Morgan fingerprint density at radius 1 is 1.50 bits per heavy atom. The summed E-state index contributed by atoms with van der Waals surface area (Å²) in [5.41, 5.74) is 1.75. The Hall–Kier alpha value is -0.950. The summed E-state index contributed by atoms with van der Waals surface area (Å²) in [5.74, 6) is 0.475. The number of nitrogens with zero attached hydrogens (tertiary/aromatic N) is 1. The van der Waals surface area contributed by atoms with Crippen molar-refractivity contribution in [2.75, 3.05) is 5.32 Å². The quantitative estimate of drug-likeness (QED) is 0.850. The van der Waals surface area contributed by atoms with Gasteiger partial charge in [-0.1, -0.05) is 0 Å². The maximum atomic E-state index is 11.8. The zero-order valence-electron chi connectivity index (χ0n) is 8.53. The predicted molar refractivity (Wildman–Crippen MR) is 74.0 cm³/mol. The highest BCUT2D eigenvalue weighted by atomic mass is 127. The second-order valence-electron chi connectivity index (χ2n) is 3.31. The first-order valence-electron chi connectivity index (χ1n) is 4.63. The summed E-state index contributed by atoms with van der Waals surface area (Å²) in [4.78, 5) is 15.9. The fourth-order valence-electron chi connectivity index (χ4n) is 1.22. The average molecular weight is 344 g/mol. The molecule has 5 heteroatoms. The van der Waals surface area contributed by atoms with Crippen LogP contribution in [0.4, 0.5) is 5.82 Å². The highest BCUT2D eigenvalue weighted by Crippen LogP contribution is 2.17. The monoisotopic (exact) mass is 344 g/mol. The lowest BCUT2D eigenvalue weighted by Crippen LogP contribution is -2.11. The Morgan fingerprint density at radius 2 is 2.31 bits per heavy atom. The van der Waals surface area contributed by atoms with Gasteiger partial charge in [0.15, 0.2) is 0 Å². The predicted octanol–water partition coefficient (Wildman–Crippen LogP) is 3.31. The zero-order chi connectivity index (χ0) is 11.5. The summed E-state index contributed by atoms with van der Waals surface area (Å²) in [6.45, 7) is 1.96. The third-order valence-electron chi connectivity index (χ3n) is 1.99. The first kappa shape index (κ1) is 11.5. The van der Waals surface area contributed by atoms with E-state index in [0.29, 0.717) is 11.4 Å². The second-order valence-corrected chi connectivity index (χ2v) is 6.12. The molecular weight excluding hydrogens is 335 g/mol. The Balaban J connectivity index is 2.13. The molecule has 0 unspecified atom stereocenters. The number of halogens is 1. The van der Waals surface area contributed by atoms with Crippen molar-refractivity contribution in [2.24, 2.45) is 0 Å². The molecule has 0 aromatic carbocycles. The number of amides is 1. The van der Waals surface area contributed by atoms with E-state index in [0.717, 1.165) is 8.45 Å². The van der Waals surface area contributed by atoms with Crippen LogP contribution in [0.15, 0.2) is 29.8 Å². The van der Waals surface area contributed by atoms with Gasteiger partial charge in [-0.2, -0.15) is 0 Å². The van der Waals surface area contributed by atoms with Crippen molar-refractivity contribution in [1.82, 2.24) is 4.98 Å². The lowest BCUT2D eigenvalue weighted by atomic mass is 10.3. The molecule has 82 valence electrons. The van der Waals surface area contributed by atoms with Crippen LogP contribution < -0.4 is 5.32 Å². The summed E-state index contributed by atoms with van der Waals surface area (Å²) in [6.07, 6.45) is 1.68. The minimum atomic E-state index is -0.114. The van der Waals surface area contributed by atoms with Crippen LogP contribution in [-0.2, 0) is 0 Å². The number of thiophene rings is 1. The van der Waals surface area contributed by atoms with Crippen LogP contribution in [-0.4, -0.2) is 10.9 Å². The molecule has 2 aromatic rings. The highest BCUT2D eigenvalue weighted by molar-refractivity contribution is 14.1. The van der Waals surface area contributed by atoms with Crippen molar-refractivity contribution in [3.05, 3.63) is 43.8 Å². The molecule has 0 saturated carbocycles. The Morgan fingerprint density at radius 3 is 2.94 bits per heavy atom. The lowest BCUT2D eigenvalue weighted by Gasteiger charge is -2.02. The Kier molecular flexibility index (Phi) is 3.55. The van der Waals surface area contributed by atoms with Crippen molar-refractivity contribution in [3.63, 3.8) is 0 Å². The van der Waals surface area contributed by atoms with Crippen molar-refractivity contribution >= 4 is 45.7 Å². The molecule has 0 atom stereocenters. The van der Waals surface area contributed by atoms with Crippen LogP contribution in [0.3, 0.4) is 0 Å². The molecule has 2 rings (SSSR count). The van der Waals surface area contributed by atoms with E-state index in [1.807, 2.05) is 30.5 Å². The number of aromatic nitrogens is 1. The molecule has 3 nitrogen and oxygen atoms in total. The van der Waals surface area contributed by atoms with Gasteiger partial charge < -0.3 is 5.32 Å². The maximum Gasteiger partial charge on any atom is 0.257 e. The Labute approximate surface area is 111 Å². The summed E-state index contributed by atoms with van der Waals surface area (Å²) in [7, 11) is 0. The molecule has 0 aliphatic carbocycles. The maximum absolute atomic E-state index is 11.8. The number of hydrogen-bond acceptors (Lipinski definition) is 3. The van der Waals surface area contributed by atoms with Gasteiger partial charge >= 0.3 is 0 Å². The van der Waals surface area contributed by atoms with E-state index in [1.54, 1.807) is 17.5 Å². The van der Waals surface area contributed by atoms with Crippen molar-refractivity contribution in [2.45, 2.75) is 6.92 Å². The van der Waals surface area contributed by atoms with Gasteiger partial charge in [-0.3, -0.25) is 4.79 Å². The first-order chi connectivity index (χ1) is 7.65. The second kappa shape index (κ2) is 4.92. The van der Waals surface area contributed by atoms with E-state index in [9.17, 15) is 4.79 Å². The van der Waals surface area contributed by atoms with Crippen LogP contribution >= 0.6 is 33.9 Å². The summed E-state index contributed by atoms with van der Waals surface area (Å²) in [6, 6.07) is 5.59. The number of nitrogens with one attached hydrogen (secondary N) is 1. The van der Waals surface area contributed by atoms with Crippen LogP contribution in [0.1, 0.15) is 15.9 Å². The molecule has 0 fully saturated rings. The van der Waals surface area contributed by atoms with Gasteiger partial charge in [0.1, 0.15) is 5.82 Å². The molecule has 2 heterocycles. The van der Waals surface area contributed by atoms with Gasteiger partial charge in [0, 0.05) is 11.6 Å². The largest absolute Gasteiger partial charge is 0.307 e. The summed E-state index contributed by atoms with van der Waals surface area (Å²) >= 11 is 3.75. The van der Waals surface area contributed by atoms with Crippen LogP contribution in [0.2, 0.25) is 0 Å². The lowest BCUT2D eigenvalue weighted by molar-refractivity contribution is 0.102. The van der Waals surface area contributed by atoms with E-state index >= 15 is 0 Å². The normalized spacial score (nSPS) is 10.1. The summed E-state index contributed by atoms with van der Waals surface area (Å²) in [5, 5.41) is 4.61. The summed E-state index contributed by atoms with van der Waals surface area (Å²) < 4.78 is 1.10.